The normalized spacial score (nSPS) is 10.9. The molecule has 11 heteroatoms. The van der Waals surface area contributed by atoms with E-state index in [1.54, 1.807) is 24.8 Å². The fourth-order valence-corrected chi connectivity index (χ4v) is 4.21. The van der Waals surface area contributed by atoms with Gasteiger partial charge in [0.15, 0.2) is 0 Å². The van der Waals surface area contributed by atoms with Crippen LogP contribution in [0.25, 0.3) is 34.2 Å². The summed E-state index contributed by atoms with van der Waals surface area (Å²) in [6.45, 7) is 14.5. The summed E-state index contributed by atoms with van der Waals surface area (Å²) < 4.78 is 0. The van der Waals surface area contributed by atoms with Crippen LogP contribution in [0.1, 0.15) is 91.0 Å². The van der Waals surface area contributed by atoms with E-state index in [2.05, 4.69) is 95.7 Å². The first-order valence-electron chi connectivity index (χ1n) is 17.2. The van der Waals surface area contributed by atoms with Crippen LogP contribution in [0.3, 0.4) is 0 Å². The zero-order valence-corrected chi connectivity index (χ0v) is 35.9. The van der Waals surface area contributed by atoms with Gasteiger partial charge in [-0.25, -0.2) is 0 Å². The number of nitrogens with zero attached hydrogens (tertiary/aromatic N) is 6. The smallest absolute Gasteiger partial charge is 0.255 e. The first-order valence-corrected chi connectivity index (χ1v) is 25.3. The van der Waals surface area contributed by atoms with Crippen molar-refractivity contribution in [2.45, 2.75) is 79.6 Å². The minimum absolute atomic E-state index is 0. The molecule has 2 unspecified atom stereocenters. The Morgan fingerprint density at radius 2 is 0.759 bits per heavy atom. The van der Waals surface area contributed by atoms with Gasteiger partial charge in [0, 0.05) is 36.2 Å². The Hall–Kier alpha value is -2.89. The Labute approximate surface area is 354 Å². The molecule has 0 saturated heterocycles. The topological polar surface area (TPSA) is 77.3 Å². The second-order valence-electron chi connectivity index (χ2n) is 11.4. The molecule has 0 fully saturated rings. The van der Waals surface area contributed by atoms with Gasteiger partial charge in [-0.3, -0.25) is 29.9 Å². The van der Waals surface area contributed by atoms with Crippen molar-refractivity contribution in [2.24, 2.45) is 0 Å². The Kier molecular flexibility index (Phi) is 29.6. The van der Waals surface area contributed by atoms with Crippen molar-refractivity contribution in [3.05, 3.63) is 152 Å². The van der Waals surface area contributed by atoms with Crippen molar-refractivity contribution in [1.29, 1.82) is 0 Å². The molecule has 0 aromatic carbocycles. The Balaban J connectivity index is 0.000000702. The molecule has 0 bridgehead atoms. The van der Waals surface area contributed by atoms with Crippen molar-refractivity contribution in [3.8, 4) is 34.2 Å². The molecule has 6 rings (SSSR count). The second-order valence-corrected chi connectivity index (χ2v) is 20.7. The molecule has 0 aliphatic rings. The van der Waals surface area contributed by atoms with Crippen LogP contribution >= 0.6 is 27.6 Å². The van der Waals surface area contributed by atoms with E-state index in [9.17, 15) is 0 Å². The number of pyridine rings is 6. The van der Waals surface area contributed by atoms with E-state index in [-0.39, 0.29) is 26.3 Å². The summed E-state index contributed by atoms with van der Waals surface area (Å²) in [5.74, 6) is 1.01. The van der Waals surface area contributed by atoms with Crippen LogP contribution in [0.15, 0.2) is 134 Å². The molecule has 6 nitrogen and oxygen atoms in total. The predicted octanol–water partition coefficient (Wildman–Crippen LogP) is 10.8. The molecule has 0 spiro atoms. The van der Waals surface area contributed by atoms with Gasteiger partial charge in [0.2, 0.25) is 0 Å². The van der Waals surface area contributed by atoms with E-state index in [1.807, 2.05) is 84.9 Å². The van der Waals surface area contributed by atoms with Gasteiger partial charge in [-0.05, 0) is 97.5 Å². The van der Waals surface area contributed by atoms with Gasteiger partial charge in [0.25, 0.3) is 0 Å². The molecule has 0 N–H and O–H groups in total. The van der Waals surface area contributed by atoms with Gasteiger partial charge in [0.1, 0.15) is 0 Å². The molecular formula is C43H53AuCl3LiN6. The molecule has 0 saturated carbocycles. The minimum Gasteiger partial charge on any atom is -0.255 e. The SMILES string of the molecule is C.CCC(C)c1cccc(-c2ccccn2)n1.CCC(C)c1cccc(-c2ccccn2)n1.[CH2-]CCC.[Cl][Au]([Cl])[Cl].[Li+].c1ccc(-c2ccccn2)nc1. The average Bonchev–Trinajstić information content (AvgIpc) is 3.22. The van der Waals surface area contributed by atoms with Gasteiger partial charge in [-0.2, -0.15) is 6.42 Å². The third kappa shape index (κ3) is 20.7. The van der Waals surface area contributed by atoms with Gasteiger partial charge < -0.3 is 6.92 Å². The molecule has 6 heterocycles. The monoisotopic (exact) mass is 962 g/mol. The summed E-state index contributed by atoms with van der Waals surface area (Å²) in [5.41, 5.74) is 7.91. The third-order valence-electron chi connectivity index (χ3n) is 7.58. The molecule has 6 aromatic heterocycles. The molecule has 0 amide bonds. The van der Waals surface area contributed by atoms with E-state index < -0.39 is 15.2 Å². The summed E-state index contributed by atoms with van der Waals surface area (Å²) in [6, 6.07) is 35.7. The molecule has 54 heavy (non-hydrogen) atoms. The van der Waals surface area contributed by atoms with E-state index in [4.69, 9.17) is 27.6 Å². The quantitative estimate of drug-likeness (QED) is 0.112. The zero-order chi connectivity index (χ0) is 38.0. The van der Waals surface area contributed by atoms with Gasteiger partial charge >= 0.3 is 61.6 Å². The summed E-state index contributed by atoms with van der Waals surface area (Å²) in [6.07, 6.45) is 11.6. The fraction of sp³-hybridized carbons (Fsp3) is 0.279. The predicted molar refractivity (Wildman–Crippen MR) is 224 cm³/mol. The zero-order valence-electron chi connectivity index (χ0n) is 31.5. The Morgan fingerprint density at radius 1 is 0.500 bits per heavy atom. The second kappa shape index (κ2) is 31.3. The van der Waals surface area contributed by atoms with Crippen LogP contribution in [-0.4, -0.2) is 29.9 Å². The van der Waals surface area contributed by atoms with E-state index >= 15 is 0 Å². The van der Waals surface area contributed by atoms with Crippen LogP contribution in [0.4, 0.5) is 0 Å². The van der Waals surface area contributed by atoms with Crippen LogP contribution in [0.5, 0.6) is 0 Å². The van der Waals surface area contributed by atoms with Crippen molar-refractivity contribution in [3.63, 3.8) is 0 Å². The van der Waals surface area contributed by atoms with Crippen LogP contribution in [0, 0.1) is 6.92 Å². The Bertz CT molecular complexity index is 1630. The Morgan fingerprint density at radius 3 is 0.981 bits per heavy atom. The van der Waals surface area contributed by atoms with Crippen molar-refractivity contribution >= 4 is 27.6 Å². The first kappa shape index (κ1) is 51.1. The van der Waals surface area contributed by atoms with Gasteiger partial charge in [-0.15, -0.1) is 0 Å². The summed E-state index contributed by atoms with van der Waals surface area (Å²) >= 11 is -1.79. The number of unbranched alkanes of at least 4 members (excludes halogenated alkanes) is 1. The largest absolute Gasteiger partial charge is 1.00 e. The maximum Gasteiger partial charge on any atom is 1.00 e. The van der Waals surface area contributed by atoms with E-state index in [0.717, 1.165) is 64.8 Å². The van der Waals surface area contributed by atoms with Crippen molar-refractivity contribution in [1.82, 2.24) is 29.9 Å². The summed E-state index contributed by atoms with van der Waals surface area (Å²) in [5, 5.41) is 0. The number of hydrogen-bond donors (Lipinski definition) is 0. The van der Waals surface area contributed by atoms with Crippen molar-refractivity contribution in [2.75, 3.05) is 0 Å². The summed E-state index contributed by atoms with van der Waals surface area (Å²) in [4.78, 5) is 26.3. The van der Waals surface area contributed by atoms with Crippen LogP contribution < -0.4 is 18.9 Å². The van der Waals surface area contributed by atoms with Gasteiger partial charge in [-0.1, -0.05) is 84.9 Å². The molecule has 2 atom stereocenters. The molecular weight excluding hydrogens is 911 g/mol. The molecule has 0 aliphatic heterocycles. The van der Waals surface area contributed by atoms with E-state index in [0.29, 0.717) is 11.8 Å². The number of aromatic nitrogens is 6. The summed E-state index contributed by atoms with van der Waals surface area (Å²) in [7, 11) is 14.9. The number of hydrogen-bond acceptors (Lipinski definition) is 6. The standard InChI is InChI=1S/2C14H16N2.C10H8N2.C4H9.CH4.Au.3ClH.Li/c2*1-3-11(2)12-8-6-9-14(16-12)13-7-4-5-10-15-13;1-3-7-11-9(5-1)10-6-2-4-8-12-10;1-3-4-2;;;;;;/h2*4-11H,3H2,1-2H3;1-8H;1,3-4H2,2H3;1H4;;3*1H;/q;;;-1;;+3;;;;+1/p-3. The average molecular weight is 964 g/mol. The number of halogens is 3. The van der Waals surface area contributed by atoms with Crippen molar-refractivity contribution < 1.29 is 34.1 Å². The van der Waals surface area contributed by atoms with E-state index in [1.165, 1.54) is 6.42 Å². The number of rotatable bonds is 8. The maximum absolute atomic E-state index is 4.95. The van der Waals surface area contributed by atoms with Crippen LogP contribution in [0.2, 0.25) is 0 Å². The molecule has 0 radical (unpaired) electrons. The molecule has 6 aromatic rings. The molecule has 288 valence electrons. The maximum atomic E-state index is 4.95. The minimum atomic E-state index is -1.79. The fourth-order valence-electron chi connectivity index (χ4n) is 4.21. The third-order valence-corrected chi connectivity index (χ3v) is 7.58. The van der Waals surface area contributed by atoms with Crippen LogP contribution in [-0.2, 0) is 15.2 Å². The van der Waals surface area contributed by atoms with Gasteiger partial charge in [0.05, 0.1) is 34.2 Å². The first-order chi connectivity index (χ1) is 25.2. The molecule has 0 aliphatic carbocycles.